The molecule has 7 nitrogen and oxygen atoms in total. The summed E-state index contributed by atoms with van der Waals surface area (Å²) >= 11 is 6.37. The molecule has 1 N–H and O–H groups in total. The molecule has 0 aromatic heterocycles. The Balaban J connectivity index is 1.87. The van der Waals surface area contributed by atoms with E-state index in [0.717, 1.165) is 5.56 Å². The minimum absolute atomic E-state index is 0.0580. The van der Waals surface area contributed by atoms with E-state index in [9.17, 15) is 14.7 Å². The van der Waals surface area contributed by atoms with Crippen molar-refractivity contribution in [2.45, 2.75) is 19.5 Å². The van der Waals surface area contributed by atoms with Crippen molar-refractivity contribution in [3.63, 3.8) is 0 Å². The predicted octanol–water partition coefficient (Wildman–Crippen LogP) is 5.38. The average molecular weight is 508 g/mol. The maximum absolute atomic E-state index is 13.3. The van der Waals surface area contributed by atoms with Crippen LogP contribution in [0.25, 0.3) is 5.76 Å². The first-order valence-corrected chi connectivity index (χ1v) is 11.7. The molecule has 1 saturated heterocycles. The highest BCUT2D eigenvalue weighted by molar-refractivity contribution is 6.47. The molecule has 0 bridgehead atoms. The van der Waals surface area contributed by atoms with E-state index in [4.69, 9.17) is 25.8 Å². The monoisotopic (exact) mass is 507 g/mol. The van der Waals surface area contributed by atoms with Gasteiger partial charge in [-0.2, -0.15) is 0 Å². The van der Waals surface area contributed by atoms with Crippen molar-refractivity contribution in [2.75, 3.05) is 20.8 Å². The highest BCUT2D eigenvalue weighted by Gasteiger charge is 2.46. The Morgan fingerprint density at radius 1 is 0.944 bits per heavy atom. The molecule has 0 radical (unpaired) electrons. The number of methoxy groups -OCH3 is 2. The van der Waals surface area contributed by atoms with Gasteiger partial charge in [0.05, 0.1) is 37.5 Å². The minimum Gasteiger partial charge on any atom is -0.507 e. The number of aliphatic hydroxyl groups excluding tert-OH is 1. The van der Waals surface area contributed by atoms with Gasteiger partial charge in [-0.1, -0.05) is 35.9 Å². The van der Waals surface area contributed by atoms with Crippen molar-refractivity contribution < 1.29 is 28.9 Å². The normalized spacial score (nSPS) is 16.8. The van der Waals surface area contributed by atoms with Gasteiger partial charge in [0.1, 0.15) is 23.0 Å². The lowest BCUT2D eigenvalue weighted by atomic mass is 9.95. The summed E-state index contributed by atoms with van der Waals surface area (Å²) in [5.41, 5.74) is 1.55. The molecule has 1 aliphatic heterocycles. The number of benzene rings is 3. The number of nitrogens with zero attached hydrogens (tertiary/aromatic N) is 1. The number of aliphatic hydroxyl groups is 1. The van der Waals surface area contributed by atoms with E-state index in [-0.39, 0.29) is 28.5 Å². The number of likely N-dealkylation sites (tertiary alicyclic amines) is 1. The number of ether oxygens (including phenoxy) is 3. The van der Waals surface area contributed by atoms with Gasteiger partial charge in [0.25, 0.3) is 11.7 Å². The van der Waals surface area contributed by atoms with E-state index in [1.54, 1.807) is 55.6 Å². The molecule has 8 heteroatoms. The van der Waals surface area contributed by atoms with Crippen LogP contribution in [0.4, 0.5) is 0 Å². The number of amides is 1. The quantitative estimate of drug-likeness (QED) is 0.250. The molecule has 0 saturated carbocycles. The summed E-state index contributed by atoms with van der Waals surface area (Å²) in [6, 6.07) is 18.2. The summed E-state index contributed by atoms with van der Waals surface area (Å²) in [6.45, 7) is 2.46. The van der Waals surface area contributed by atoms with Gasteiger partial charge in [0, 0.05) is 12.1 Å². The second-order valence-corrected chi connectivity index (χ2v) is 8.53. The van der Waals surface area contributed by atoms with Crippen molar-refractivity contribution in [3.8, 4) is 17.2 Å². The Labute approximate surface area is 214 Å². The van der Waals surface area contributed by atoms with Gasteiger partial charge in [0.2, 0.25) is 0 Å². The van der Waals surface area contributed by atoms with Crippen molar-refractivity contribution >= 4 is 29.1 Å². The summed E-state index contributed by atoms with van der Waals surface area (Å²) in [5.74, 6) is -0.187. The van der Waals surface area contributed by atoms with E-state index in [2.05, 4.69) is 0 Å². The third-order valence-corrected chi connectivity index (χ3v) is 6.30. The van der Waals surface area contributed by atoms with Gasteiger partial charge in [0.15, 0.2) is 0 Å². The molecule has 3 aromatic carbocycles. The molecule has 1 unspecified atom stereocenters. The Hall–Kier alpha value is -3.97. The molecule has 1 amide bonds. The second-order valence-electron chi connectivity index (χ2n) is 8.13. The minimum atomic E-state index is -0.866. The van der Waals surface area contributed by atoms with E-state index in [0.29, 0.717) is 29.4 Å². The lowest BCUT2D eigenvalue weighted by molar-refractivity contribution is -0.140. The highest BCUT2D eigenvalue weighted by Crippen LogP contribution is 2.42. The Morgan fingerprint density at radius 2 is 1.64 bits per heavy atom. The summed E-state index contributed by atoms with van der Waals surface area (Å²) < 4.78 is 16.1. The molecule has 1 heterocycles. The highest BCUT2D eigenvalue weighted by atomic mass is 35.5. The lowest BCUT2D eigenvalue weighted by Gasteiger charge is -2.26. The van der Waals surface area contributed by atoms with E-state index in [1.807, 2.05) is 19.1 Å². The van der Waals surface area contributed by atoms with Crippen molar-refractivity contribution in [3.05, 3.63) is 94.0 Å². The number of Topliss-reactive ketones (excluding diaryl/α,β-unsaturated/α-hetero) is 1. The van der Waals surface area contributed by atoms with Crippen LogP contribution >= 0.6 is 11.6 Å². The van der Waals surface area contributed by atoms with Crippen LogP contribution < -0.4 is 14.2 Å². The number of ketones is 1. The number of hydrogen-bond acceptors (Lipinski definition) is 6. The molecule has 4 rings (SSSR count). The van der Waals surface area contributed by atoms with Crippen LogP contribution in [0.15, 0.2) is 72.3 Å². The fourth-order valence-corrected chi connectivity index (χ4v) is 4.42. The summed E-state index contributed by atoms with van der Waals surface area (Å²) in [5, 5.41) is 11.6. The first-order valence-electron chi connectivity index (χ1n) is 11.4. The SMILES string of the molecule is CCOc1cccc(C2/C(=C(\O)c3cc(OC)ccc3Cl)C(=O)C(=O)N2Cc2ccc(OC)cc2)c1. The van der Waals surface area contributed by atoms with E-state index < -0.39 is 17.7 Å². The first kappa shape index (κ1) is 25.1. The number of hydrogen-bond donors (Lipinski definition) is 1. The average Bonchev–Trinajstić information content (AvgIpc) is 3.14. The third kappa shape index (κ3) is 4.88. The fourth-order valence-electron chi connectivity index (χ4n) is 4.22. The zero-order valence-electron chi connectivity index (χ0n) is 20.2. The van der Waals surface area contributed by atoms with Crippen LogP contribution in [-0.2, 0) is 16.1 Å². The smallest absolute Gasteiger partial charge is 0.295 e. The number of rotatable bonds is 8. The number of carbonyl (C=O) groups is 2. The zero-order valence-corrected chi connectivity index (χ0v) is 20.9. The molecule has 1 atom stereocenters. The van der Waals surface area contributed by atoms with Crippen molar-refractivity contribution in [1.82, 2.24) is 4.90 Å². The third-order valence-electron chi connectivity index (χ3n) is 5.97. The standard InChI is InChI=1S/C28H26ClNO6/c1-4-36-21-7-5-6-18(14-21)25-24(26(31)22-15-20(35-3)12-13-23(22)29)27(32)28(33)30(25)16-17-8-10-19(34-2)11-9-17/h5-15,25,31H,4,16H2,1-3H3/b26-24+. The summed E-state index contributed by atoms with van der Waals surface area (Å²) in [7, 11) is 3.06. The topological polar surface area (TPSA) is 85.3 Å². The molecular formula is C28H26ClNO6. The molecule has 3 aromatic rings. The molecule has 1 aliphatic rings. The summed E-state index contributed by atoms with van der Waals surface area (Å²) in [6.07, 6.45) is 0. The van der Waals surface area contributed by atoms with Gasteiger partial charge in [-0.15, -0.1) is 0 Å². The summed E-state index contributed by atoms with van der Waals surface area (Å²) in [4.78, 5) is 28.1. The predicted molar refractivity (Wildman–Crippen MR) is 136 cm³/mol. The largest absolute Gasteiger partial charge is 0.507 e. The van der Waals surface area contributed by atoms with Crippen LogP contribution in [-0.4, -0.2) is 42.5 Å². The second kappa shape index (κ2) is 10.7. The number of carbonyl (C=O) groups excluding carboxylic acids is 2. The van der Waals surface area contributed by atoms with Crippen molar-refractivity contribution in [1.29, 1.82) is 0 Å². The molecular weight excluding hydrogens is 482 g/mol. The van der Waals surface area contributed by atoms with Crippen LogP contribution in [0.2, 0.25) is 5.02 Å². The van der Waals surface area contributed by atoms with Crippen LogP contribution in [0.1, 0.15) is 29.7 Å². The Morgan fingerprint density at radius 3 is 2.31 bits per heavy atom. The first-order chi connectivity index (χ1) is 17.4. The zero-order chi connectivity index (χ0) is 25.8. The van der Waals surface area contributed by atoms with Crippen LogP contribution in [0.5, 0.6) is 17.2 Å². The Kier molecular flexibility index (Phi) is 7.50. The lowest BCUT2D eigenvalue weighted by Crippen LogP contribution is -2.29. The van der Waals surface area contributed by atoms with Gasteiger partial charge in [-0.05, 0) is 60.5 Å². The van der Waals surface area contributed by atoms with Crippen LogP contribution in [0, 0.1) is 0 Å². The van der Waals surface area contributed by atoms with E-state index in [1.165, 1.54) is 18.1 Å². The van der Waals surface area contributed by atoms with Crippen molar-refractivity contribution in [2.24, 2.45) is 0 Å². The molecule has 1 fully saturated rings. The molecule has 0 aliphatic carbocycles. The molecule has 36 heavy (non-hydrogen) atoms. The van der Waals surface area contributed by atoms with Gasteiger partial charge in [-0.3, -0.25) is 9.59 Å². The Bertz CT molecular complexity index is 1320. The van der Waals surface area contributed by atoms with Gasteiger partial charge in [-0.25, -0.2) is 0 Å². The molecule has 186 valence electrons. The molecule has 0 spiro atoms. The number of halogens is 1. The van der Waals surface area contributed by atoms with Gasteiger partial charge < -0.3 is 24.2 Å². The maximum Gasteiger partial charge on any atom is 0.295 e. The van der Waals surface area contributed by atoms with Gasteiger partial charge >= 0.3 is 0 Å². The fraction of sp³-hybridized carbons (Fsp3) is 0.214. The van der Waals surface area contributed by atoms with E-state index >= 15 is 0 Å². The van der Waals surface area contributed by atoms with Crippen LogP contribution in [0.3, 0.4) is 0 Å². The maximum atomic E-state index is 13.3.